The quantitative estimate of drug-likeness (QED) is 0.230. The average molecular weight is 645 g/mol. The summed E-state index contributed by atoms with van der Waals surface area (Å²) in [7, 11) is 3.16. The van der Waals surface area contributed by atoms with Gasteiger partial charge in [-0.3, -0.25) is 9.79 Å². The number of aliphatic imine (C=N–C) groups is 1. The second kappa shape index (κ2) is 13.7. The van der Waals surface area contributed by atoms with Gasteiger partial charge in [0, 0.05) is 23.7 Å². The first-order chi connectivity index (χ1) is 20.1. The number of phenolic OH excluding ortho intramolecular Hbond substituents is 1. The van der Waals surface area contributed by atoms with E-state index in [4.69, 9.17) is 28.7 Å². The van der Waals surface area contributed by atoms with Crippen molar-refractivity contribution < 1.29 is 38.4 Å². The molecule has 0 bridgehead atoms. The molecule has 226 valence electrons. The lowest BCUT2D eigenvalue weighted by molar-refractivity contribution is -0.141. The van der Waals surface area contributed by atoms with Crippen molar-refractivity contribution in [1.29, 1.82) is 0 Å². The third-order valence-corrected chi connectivity index (χ3v) is 8.14. The van der Waals surface area contributed by atoms with E-state index in [1.165, 1.54) is 0 Å². The van der Waals surface area contributed by atoms with E-state index in [0.29, 0.717) is 51.5 Å². The van der Waals surface area contributed by atoms with E-state index < -0.39 is 17.8 Å². The lowest BCUT2D eigenvalue weighted by atomic mass is 9.66. The minimum atomic E-state index is -0.675. The highest BCUT2D eigenvalue weighted by atomic mass is 79.9. The summed E-state index contributed by atoms with van der Waals surface area (Å²) in [5.74, 6) is -0.646. The third kappa shape index (κ3) is 6.65. The van der Waals surface area contributed by atoms with E-state index in [9.17, 15) is 14.7 Å². The summed E-state index contributed by atoms with van der Waals surface area (Å²) in [6.07, 6.45) is 0.794. The molecule has 1 aliphatic carbocycles. The Morgan fingerprint density at radius 3 is 2.40 bits per heavy atom. The molecule has 10 heteroatoms. The first-order valence-corrected chi connectivity index (χ1v) is 14.9. The summed E-state index contributed by atoms with van der Waals surface area (Å²) in [6, 6.07) is 9.08. The highest BCUT2D eigenvalue weighted by Gasteiger charge is 2.46. The van der Waals surface area contributed by atoms with E-state index >= 15 is 0 Å². The summed E-state index contributed by atoms with van der Waals surface area (Å²) in [5.41, 5.74) is 3.09. The van der Waals surface area contributed by atoms with Crippen molar-refractivity contribution in [3.63, 3.8) is 0 Å². The van der Waals surface area contributed by atoms with Crippen LogP contribution in [0.15, 0.2) is 51.1 Å². The van der Waals surface area contributed by atoms with E-state index in [2.05, 4.69) is 15.9 Å². The zero-order chi connectivity index (χ0) is 30.6. The topological polar surface area (TPSA) is 113 Å². The normalized spacial score (nSPS) is 20.2. The molecule has 3 atom stereocenters. The molecule has 1 heterocycles. The van der Waals surface area contributed by atoms with Gasteiger partial charge in [0.2, 0.25) is 0 Å². The Hall–Kier alpha value is -3.37. The summed E-state index contributed by atoms with van der Waals surface area (Å²) in [6.45, 7) is 8.05. The van der Waals surface area contributed by atoms with Gasteiger partial charge in [-0.05, 0) is 91.4 Å². The lowest BCUT2D eigenvalue weighted by Crippen LogP contribution is -2.41. The molecule has 0 saturated heterocycles. The number of hydrogen-bond donors (Lipinski definition) is 1. The number of ether oxygens (including phenoxy) is 5. The lowest BCUT2D eigenvalue weighted by Gasteiger charge is -2.38. The highest BCUT2D eigenvalue weighted by molar-refractivity contribution is 9.10. The SMILES string of the molecule is CCOc1cc(C2C(C(=O)OCCOC(C)C)=C(C)N=C3CC(c4ccc(OC)c(OC)c4)CC(=O)C32)cc(Br)c1O. The number of carbonyl (C=O) groups is 2. The standard InChI is InChI=1S/C32H38BrNO8/c1-7-40-27-16-21(12-22(33)31(27)36)29-28(32(37)42-11-10-41-17(2)3)18(4)34-23-13-20(14-24(35)30(23)29)19-8-9-25(38-5)26(15-19)39-6/h8-9,12,15-17,20,29-30,36H,7,10-11,13-14H2,1-6H3. The van der Waals surface area contributed by atoms with Gasteiger partial charge >= 0.3 is 5.97 Å². The van der Waals surface area contributed by atoms with Gasteiger partial charge in [-0.15, -0.1) is 0 Å². The van der Waals surface area contributed by atoms with Crippen molar-refractivity contribution in [2.75, 3.05) is 34.0 Å². The molecular weight excluding hydrogens is 606 g/mol. The van der Waals surface area contributed by atoms with Crippen LogP contribution in [-0.4, -0.2) is 62.7 Å². The first-order valence-electron chi connectivity index (χ1n) is 14.1. The van der Waals surface area contributed by atoms with Crippen LogP contribution in [0.1, 0.15) is 63.5 Å². The summed E-state index contributed by atoms with van der Waals surface area (Å²) < 4.78 is 28.1. The molecule has 1 saturated carbocycles. The van der Waals surface area contributed by atoms with Crippen LogP contribution in [0.5, 0.6) is 23.0 Å². The molecule has 4 rings (SSSR count). The summed E-state index contributed by atoms with van der Waals surface area (Å²) in [5, 5.41) is 10.6. The maximum atomic E-state index is 14.0. The van der Waals surface area contributed by atoms with Crippen LogP contribution in [0.2, 0.25) is 0 Å². The molecule has 2 aromatic carbocycles. The van der Waals surface area contributed by atoms with E-state index in [-0.39, 0.29) is 48.9 Å². The molecule has 0 amide bonds. The second-order valence-electron chi connectivity index (χ2n) is 10.6. The number of Topliss-reactive ketones (excluding diaryl/α,β-unsaturated/α-hetero) is 1. The van der Waals surface area contributed by atoms with Gasteiger partial charge in [0.15, 0.2) is 23.0 Å². The molecule has 0 radical (unpaired) electrons. The number of methoxy groups -OCH3 is 2. The Kier molecular flexibility index (Phi) is 10.3. The molecule has 0 spiro atoms. The molecule has 2 aromatic rings. The number of rotatable bonds is 11. The fourth-order valence-corrected chi connectivity index (χ4v) is 6.14. The molecule has 42 heavy (non-hydrogen) atoms. The Morgan fingerprint density at radius 2 is 1.74 bits per heavy atom. The number of carbonyl (C=O) groups excluding carboxylic acids is 2. The van der Waals surface area contributed by atoms with Crippen molar-refractivity contribution in [3.8, 4) is 23.0 Å². The van der Waals surface area contributed by atoms with Gasteiger partial charge < -0.3 is 28.8 Å². The number of esters is 1. The average Bonchev–Trinajstić information content (AvgIpc) is 2.96. The van der Waals surface area contributed by atoms with Crippen LogP contribution in [0.25, 0.3) is 0 Å². The molecule has 3 unspecified atom stereocenters. The zero-order valence-electron chi connectivity index (χ0n) is 24.9. The first kappa shape index (κ1) is 31.6. The molecule has 1 fully saturated rings. The second-order valence-corrected chi connectivity index (χ2v) is 11.4. The maximum absolute atomic E-state index is 14.0. The number of hydrogen-bond acceptors (Lipinski definition) is 9. The predicted molar refractivity (Wildman–Crippen MR) is 162 cm³/mol. The van der Waals surface area contributed by atoms with E-state index in [1.807, 2.05) is 39.0 Å². The van der Waals surface area contributed by atoms with Crippen molar-refractivity contribution in [2.24, 2.45) is 10.9 Å². The van der Waals surface area contributed by atoms with Crippen LogP contribution in [0.4, 0.5) is 0 Å². The number of halogens is 1. The number of benzene rings is 2. The third-order valence-electron chi connectivity index (χ3n) is 7.53. The van der Waals surface area contributed by atoms with Gasteiger partial charge in [-0.1, -0.05) is 6.07 Å². The highest BCUT2D eigenvalue weighted by Crippen LogP contribution is 2.49. The van der Waals surface area contributed by atoms with Crippen molar-refractivity contribution in [3.05, 3.63) is 57.2 Å². The predicted octanol–water partition coefficient (Wildman–Crippen LogP) is 6.11. The van der Waals surface area contributed by atoms with Gasteiger partial charge in [-0.25, -0.2) is 4.79 Å². The summed E-state index contributed by atoms with van der Waals surface area (Å²) in [4.78, 5) is 32.4. The largest absolute Gasteiger partial charge is 0.503 e. The van der Waals surface area contributed by atoms with Crippen LogP contribution in [0.3, 0.4) is 0 Å². The summed E-state index contributed by atoms with van der Waals surface area (Å²) >= 11 is 3.42. The van der Waals surface area contributed by atoms with Gasteiger partial charge in [0.25, 0.3) is 0 Å². The van der Waals surface area contributed by atoms with Crippen LogP contribution in [-0.2, 0) is 19.1 Å². The van der Waals surface area contributed by atoms with Crippen LogP contribution >= 0.6 is 15.9 Å². The van der Waals surface area contributed by atoms with E-state index in [1.54, 1.807) is 33.3 Å². The Bertz CT molecular complexity index is 1400. The van der Waals surface area contributed by atoms with Crippen molar-refractivity contribution in [1.82, 2.24) is 0 Å². The van der Waals surface area contributed by atoms with Gasteiger partial charge in [0.05, 0.1) is 49.5 Å². The Morgan fingerprint density at radius 1 is 1.02 bits per heavy atom. The number of allylic oxidation sites excluding steroid dienone is 1. The minimum absolute atomic E-state index is 0.00375. The number of phenols is 1. The van der Waals surface area contributed by atoms with Crippen LogP contribution in [0, 0.1) is 5.92 Å². The minimum Gasteiger partial charge on any atom is -0.503 e. The Balaban J connectivity index is 1.76. The number of aromatic hydroxyl groups is 1. The molecule has 9 nitrogen and oxygen atoms in total. The van der Waals surface area contributed by atoms with Gasteiger partial charge in [-0.2, -0.15) is 0 Å². The zero-order valence-corrected chi connectivity index (χ0v) is 26.4. The smallest absolute Gasteiger partial charge is 0.336 e. The fraction of sp³-hybridized carbons (Fsp3) is 0.469. The molecule has 2 aliphatic rings. The monoisotopic (exact) mass is 643 g/mol. The van der Waals surface area contributed by atoms with Crippen LogP contribution < -0.4 is 14.2 Å². The van der Waals surface area contributed by atoms with Gasteiger partial charge in [0.1, 0.15) is 12.4 Å². The van der Waals surface area contributed by atoms with E-state index in [0.717, 1.165) is 5.56 Å². The maximum Gasteiger partial charge on any atom is 0.336 e. The fourth-order valence-electron chi connectivity index (χ4n) is 5.68. The molecule has 1 N–H and O–H groups in total. The number of nitrogens with zero attached hydrogens (tertiary/aromatic N) is 1. The Labute approximate surface area is 255 Å². The molecule has 1 aliphatic heterocycles. The number of fused-ring (bicyclic) bond motifs is 1. The number of ketones is 1. The van der Waals surface area contributed by atoms with Crippen molar-refractivity contribution in [2.45, 2.75) is 58.5 Å². The van der Waals surface area contributed by atoms with Crippen molar-refractivity contribution >= 4 is 33.4 Å². The molecule has 0 aromatic heterocycles. The molecular formula is C32H38BrNO8.